The zero-order chi connectivity index (χ0) is 16.0. The summed E-state index contributed by atoms with van der Waals surface area (Å²) in [5.74, 6) is -1.25. The van der Waals surface area contributed by atoms with Crippen LogP contribution in [0.1, 0.15) is 24.7 Å². The van der Waals surface area contributed by atoms with Crippen molar-refractivity contribution in [1.82, 2.24) is 20.8 Å². The van der Waals surface area contributed by atoms with Gasteiger partial charge in [0, 0.05) is 0 Å². The van der Waals surface area contributed by atoms with E-state index in [0.717, 1.165) is 0 Å². The van der Waals surface area contributed by atoms with Gasteiger partial charge in [-0.3, -0.25) is 0 Å². The predicted octanol–water partition coefficient (Wildman–Crippen LogP) is -2.31. The highest BCUT2D eigenvalue weighted by molar-refractivity contribution is 5.82. The van der Waals surface area contributed by atoms with Gasteiger partial charge in [-0.2, -0.15) is 4.98 Å². The van der Waals surface area contributed by atoms with Gasteiger partial charge in [-0.05, 0) is 6.92 Å². The Morgan fingerprint density at radius 1 is 1.48 bits per heavy atom. The van der Waals surface area contributed by atoms with Crippen molar-refractivity contribution in [3.05, 3.63) is 11.7 Å². The maximum atomic E-state index is 11.4. The largest absolute Gasteiger partial charge is 0.480 e. The highest BCUT2D eigenvalue weighted by atomic mass is 16.5. The van der Waals surface area contributed by atoms with Crippen LogP contribution in [0.3, 0.4) is 0 Å². The average molecular weight is 303 g/mol. The van der Waals surface area contributed by atoms with Crippen molar-refractivity contribution in [1.29, 1.82) is 0 Å². The number of hydrogen-bond acceptors (Lipinski definition) is 8. The van der Waals surface area contributed by atoms with Crippen molar-refractivity contribution in [2.75, 3.05) is 6.61 Å². The summed E-state index contributed by atoms with van der Waals surface area (Å²) < 4.78 is 4.80. The second kappa shape index (κ2) is 7.52. The number of nitrogens with one attached hydrogen (secondary N) is 2. The second-order valence-corrected chi connectivity index (χ2v) is 4.21. The van der Waals surface area contributed by atoms with Crippen LogP contribution in [-0.4, -0.2) is 56.2 Å². The van der Waals surface area contributed by atoms with Crippen LogP contribution >= 0.6 is 0 Å². The van der Waals surface area contributed by atoms with Crippen molar-refractivity contribution in [3.63, 3.8) is 0 Å². The molecule has 0 saturated carbocycles. The fourth-order valence-corrected chi connectivity index (χ4v) is 1.24. The smallest absolute Gasteiger partial charge is 0.328 e. The molecule has 0 aliphatic heterocycles. The molecule has 0 spiro atoms. The normalized spacial score (nSPS) is 15.0. The summed E-state index contributed by atoms with van der Waals surface area (Å²) in [5, 5.41) is 34.5. The zero-order valence-corrected chi connectivity index (χ0v) is 11.2. The summed E-state index contributed by atoms with van der Waals surface area (Å²) in [5.41, 5.74) is 5.60. The molecule has 0 fully saturated rings. The van der Waals surface area contributed by atoms with E-state index in [1.807, 2.05) is 5.32 Å². The van der Waals surface area contributed by atoms with E-state index in [9.17, 15) is 14.7 Å². The van der Waals surface area contributed by atoms with E-state index in [2.05, 4.69) is 15.5 Å². The van der Waals surface area contributed by atoms with Gasteiger partial charge in [-0.1, -0.05) is 5.16 Å². The molecule has 7 N–H and O–H groups in total. The molecule has 1 aromatic rings. The number of hydrogen-bond donors (Lipinski definition) is 6. The monoisotopic (exact) mass is 303 g/mol. The quantitative estimate of drug-likeness (QED) is 0.322. The number of nitrogens with zero attached hydrogens (tertiary/aromatic N) is 2. The highest BCUT2D eigenvalue weighted by Crippen LogP contribution is 2.10. The Morgan fingerprint density at radius 3 is 2.67 bits per heavy atom. The van der Waals surface area contributed by atoms with E-state index in [1.54, 1.807) is 0 Å². The predicted molar refractivity (Wildman–Crippen MR) is 66.8 cm³/mol. The van der Waals surface area contributed by atoms with Gasteiger partial charge in [0.25, 0.3) is 0 Å². The minimum absolute atomic E-state index is 0.0344. The number of nitrogens with two attached hydrogens (primary N) is 1. The maximum absolute atomic E-state index is 11.4. The summed E-state index contributed by atoms with van der Waals surface area (Å²) in [6.45, 7) is 0.563. The van der Waals surface area contributed by atoms with Gasteiger partial charge in [0.05, 0.1) is 25.3 Å². The molecular formula is C10H17N5O6. The Bertz CT molecular complexity index is 490. The summed E-state index contributed by atoms with van der Waals surface area (Å²) in [6.07, 6.45) is -0.868. The Hall–Kier alpha value is -2.24. The third-order valence-corrected chi connectivity index (χ3v) is 2.49. The van der Waals surface area contributed by atoms with Gasteiger partial charge in [-0.25, -0.2) is 9.59 Å². The summed E-state index contributed by atoms with van der Waals surface area (Å²) in [6, 6.07) is -3.05. The van der Waals surface area contributed by atoms with Crippen LogP contribution < -0.4 is 16.4 Å². The molecule has 2 amide bonds. The fraction of sp³-hybridized carbons (Fsp3) is 0.600. The third-order valence-electron chi connectivity index (χ3n) is 2.49. The van der Waals surface area contributed by atoms with Crippen LogP contribution in [0.25, 0.3) is 0 Å². The molecule has 3 atom stereocenters. The number of aromatic nitrogens is 2. The van der Waals surface area contributed by atoms with Gasteiger partial charge in [0.2, 0.25) is 5.89 Å². The number of urea groups is 1. The summed E-state index contributed by atoms with van der Waals surface area (Å²) in [7, 11) is 0. The molecule has 0 saturated heterocycles. The molecule has 0 aliphatic rings. The first-order valence-corrected chi connectivity index (χ1v) is 5.99. The Labute approximate surface area is 119 Å². The van der Waals surface area contributed by atoms with Crippen LogP contribution in [0.15, 0.2) is 4.52 Å². The maximum Gasteiger partial charge on any atom is 0.328 e. The number of carbonyl (C=O) groups excluding carboxylic acids is 1. The van der Waals surface area contributed by atoms with Crippen LogP contribution in [0.2, 0.25) is 0 Å². The number of carboxylic acids is 1. The first-order chi connectivity index (χ1) is 9.85. The molecule has 2 unspecified atom stereocenters. The van der Waals surface area contributed by atoms with Gasteiger partial charge in [0.15, 0.2) is 11.9 Å². The van der Waals surface area contributed by atoms with Gasteiger partial charge in [0.1, 0.15) is 0 Å². The molecule has 11 heteroatoms. The summed E-state index contributed by atoms with van der Waals surface area (Å²) >= 11 is 0. The second-order valence-electron chi connectivity index (χ2n) is 4.21. The number of aliphatic hydroxyl groups excluding tert-OH is 2. The molecule has 21 heavy (non-hydrogen) atoms. The highest BCUT2D eigenvalue weighted by Gasteiger charge is 2.20. The van der Waals surface area contributed by atoms with Crippen molar-refractivity contribution >= 4 is 12.0 Å². The van der Waals surface area contributed by atoms with E-state index >= 15 is 0 Å². The number of amides is 2. The van der Waals surface area contributed by atoms with E-state index in [0.29, 0.717) is 0 Å². The lowest BCUT2D eigenvalue weighted by Gasteiger charge is -2.11. The van der Waals surface area contributed by atoms with E-state index < -0.39 is 36.8 Å². The molecule has 0 bridgehead atoms. The van der Waals surface area contributed by atoms with E-state index in [-0.39, 0.29) is 18.3 Å². The van der Waals surface area contributed by atoms with Crippen LogP contribution in [-0.2, 0) is 11.3 Å². The molecule has 1 heterocycles. The first-order valence-electron chi connectivity index (χ1n) is 5.99. The molecule has 0 aliphatic carbocycles. The summed E-state index contributed by atoms with van der Waals surface area (Å²) in [4.78, 5) is 25.9. The molecule has 0 radical (unpaired) electrons. The fourth-order valence-electron chi connectivity index (χ4n) is 1.24. The lowest BCUT2D eigenvalue weighted by molar-refractivity contribution is -0.140. The van der Waals surface area contributed by atoms with E-state index in [4.69, 9.17) is 20.5 Å². The molecular weight excluding hydrogens is 286 g/mol. The molecule has 1 aromatic heterocycles. The number of carboxylic acid groups (broad SMARTS) is 1. The van der Waals surface area contributed by atoms with Crippen molar-refractivity contribution in [3.8, 4) is 0 Å². The minimum atomic E-state index is -1.41. The lowest BCUT2D eigenvalue weighted by atomic mass is 10.2. The van der Waals surface area contributed by atoms with Crippen molar-refractivity contribution < 1.29 is 29.4 Å². The minimum Gasteiger partial charge on any atom is -0.480 e. The number of aliphatic hydroxyl groups is 2. The first kappa shape index (κ1) is 16.8. The molecule has 0 aromatic carbocycles. The Kier molecular flexibility index (Phi) is 6.02. The van der Waals surface area contributed by atoms with Crippen molar-refractivity contribution in [2.45, 2.75) is 31.7 Å². The number of carbonyl (C=O) groups is 2. The number of aliphatic carboxylic acids is 1. The Balaban J connectivity index is 2.48. The SMILES string of the molecule is CC(O)C(N)c1noc(CNC(=O)N[C@@H](CO)C(=O)O)n1. The van der Waals surface area contributed by atoms with Crippen molar-refractivity contribution in [2.24, 2.45) is 5.73 Å². The molecule has 11 nitrogen and oxygen atoms in total. The topological polar surface area (TPSA) is 184 Å². The van der Waals surface area contributed by atoms with E-state index in [1.165, 1.54) is 6.92 Å². The van der Waals surface area contributed by atoms with Crippen LogP contribution in [0.4, 0.5) is 4.79 Å². The standard InChI is InChI=1S/C10H17N5O6/c1-4(17)7(11)8-14-6(21-15-8)2-12-10(20)13-5(3-16)9(18)19/h4-5,7,16-17H,2-3,11H2,1H3,(H,18,19)(H2,12,13,20)/t4?,5-,7?/m0/s1. The third kappa shape index (κ3) is 4.98. The van der Waals surface area contributed by atoms with Gasteiger partial charge in [-0.15, -0.1) is 0 Å². The van der Waals surface area contributed by atoms with Gasteiger partial charge < -0.3 is 36.2 Å². The van der Waals surface area contributed by atoms with Crippen LogP contribution in [0, 0.1) is 0 Å². The van der Waals surface area contributed by atoms with Gasteiger partial charge >= 0.3 is 12.0 Å². The van der Waals surface area contributed by atoms with Crippen LogP contribution in [0.5, 0.6) is 0 Å². The molecule has 1 rings (SSSR count). The molecule has 118 valence electrons. The lowest BCUT2D eigenvalue weighted by Crippen LogP contribution is -2.47. The Morgan fingerprint density at radius 2 is 2.14 bits per heavy atom. The zero-order valence-electron chi connectivity index (χ0n) is 11.2. The number of rotatable bonds is 7. The average Bonchev–Trinajstić information content (AvgIpc) is 2.89.